The maximum Gasteiger partial charge on any atom is 0.263 e. The van der Waals surface area contributed by atoms with Gasteiger partial charge in [0.1, 0.15) is 9.88 Å². The molecule has 2 aliphatic heterocycles. The van der Waals surface area contributed by atoms with Crippen LogP contribution in [0.3, 0.4) is 0 Å². The second kappa shape index (κ2) is 5.76. The van der Waals surface area contributed by atoms with Gasteiger partial charge in [-0.15, -0.1) is 11.3 Å². The van der Waals surface area contributed by atoms with Crippen LogP contribution in [-0.2, 0) is 0 Å². The van der Waals surface area contributed by atoms with E-state index in [0.717, 1.165) is 23.4 Å². The van der Waals surface area contributed by atoms with Gasteiger partial charge in [-0.25, -0.2) is 4.98 Å². The maximum atomic E-state index is 12.4. The molecule has 3 heterocycles. The summed E-state index contributed by atoms with van der Waals surface area (Å²) in [4.78, 5) is 17.4. The van der Waals surface area contributed by atoms with Crippen molar-refractivity contribution < 1.29 is 4.79 Å². The molecule has 2 N–H and O–H groups in total. The minimum atomic E-state index is -0.0514. The van der Waals surface area contributed by atoms with Crippen molar-refractivity contribution in [2.75, 3.05) is 0 Å². The van der Waals surface area contributed by atoms with E-state index in [1.54, 1.807) is 18.3 Å². The smallest absolute Gasteiger partial charge is 0.263 e. The monoisotopic (exact) mass is 324 g/mol. The minimum absolute atomic E-state index is 0.0514. The Bertz CT molecular complexity index is 794. The molecule has 2 saturated heterocycles. The number of fused-ring (bicyclic) bond motifs is 2. The molecule has 0 spiro atoms. The van der Waals surface area contributed by atoms with Crippen LogP contribution in [0, 0.1) is 11.3 Å². The van der Waals surface area contributed by atoms with Crippen LogP contribution < -0.4 is 10.6 Å². The summed E-state index contributed by atoms with van der Waals surface area (Å²) in [5, 5.41) is 16.4. The first-order chi connectivity index (χ1) is 11.2. The summed E-state index contributed by atoms with van der Waals surface area (Å²) in [5.74, 6) is -0.0514. The molecular weight excluding hydrogens is 308 g/mol. The topological polar surface area (TPSA) is 77.8 Å². The number of aromatic nitrogens is 1. The van der Waals surface area contributed by atoms with Gasteiger partial charge in [-0.3, -0.25) is 4.79 Å². The van der Waals surface area contributed by atoms with Gasteiger partial charge in [-0.2, -0.15) is 5.26 Å². The summed E-state index contributed by atoms with van der Waals surface area (Å²) >= 11 is 1.36. The van der Waals surface area contributed by atoms with Crippen molar-refractivity contribution in [1.82, 2.24) is 15.6 Å². The summed E-state index contributed by atoms with van der Waals surface area (Å²) < 4.78 is 0. The molecular formula is C17H16N4OS. The van der Waals surface area contributed by atoms with Crippen LogP contribution in [0.15, 0.2) is 30.5 Å². The van der Waals surface area contributed by atoms with Crippen molar-refractivity contribution in [3.05, 3.63) is 40.9 Å². The lowest BCUT2D eigenvalue weighted by Gasteiger charge is -2.20. The molecule has 2 fully saturated rings. The average molecular weight is 324 g/mol. The van der Waals surface area contributed by atoms with E-state index in [0.29, 0.717) is 22.5 Å². The van der Waals surface area contributed by atoms with E-state index in [2.05, 4.69) is 21.7 Å². The number of carbonyl (C=O) groups is 1. The second-order valence-electron chi connectivity index (χ2n) is 6.09. The largest absolute Gasteiger partial charge is 0.347 e. The molecule has 0 saturated carbocycles. The molecule has 3 unspecified atom stereocenters. The van der Waals surface area contributed by atoms with E-state index < -0.39 is 0 Å². The highest BCUT2D eigenvalue weighted by Crippen LogP contribution is 2.29. The summed E-state index contributed by atoms with van der Waals surface area (Å²) in [6, 6.07) is 10.6. The third-order valence-electron chi connectivity index (χ3n) is 4.58. The molecule has 6 heteroatoms. The van der Waals surface area contributed by atoms with Crippen molar-refractivity contribution in [3.8, 4) is 16.6 Å². The van der Waals surface area contributed by atoms with E-state index in [-0.39, 0.29) is 11.9 Å². The fourth-order valence-corrected chi connectivity index (χ4v) is 4.27. The van der Waals surface area contributed by atoms with Crippen molar-refractivity contribution in [2.45, 2.75) is 37.4 Å². The molecule has 3 atom stereocenters. The summed E-state index contributed by atoms with van der Waals surface area (Å²) in [7, 11) is 0. The van der Waals surface area contributed by atoms with Crippen LogP contribution >= 0.6 is 11.3 Å². The van der Waals surface area contributed by atoms with Gasteiger partial charge in [0.2, 0.25) is 0 Å². The van der Waals surface area contributed by atoms with E-state index in [1.165, 1.54) is 17.8 Å². The fraction of sp³-hybridized carbons (Fsp3) is 0.353. The number of thiazole rings is 1. The molecule has 2 bridgehead atoms. The number of nitriles is 1. The highest BCUT2D eigenvalue weighted by Gasteiger charge is 2.39. The Labute approximate surface area is 138 Å². The molecule has 1 aromatic carbocycles. The number of hydrogen-bond acceptors (Lipinski definition) is 5. The lowest BCUT2D eigenvalue weighted by molar-refractivity contribution is 0.0935. The van der Waals surface area contributed by atoms with Crippen molar-refractivity contribution in [2.24, 2.45) is 0 Å². The van der Waals surface area contributed by atoms with Gasteiger partial charge in [-0.1, -0.05) is 12.1 Å². The van der Waals surface area contributed by atoms with Gasteiger partial charge in [0.15, 0.2) is 0 Å². The van der Waals surface area contributed by atoms with Crippen molar-refractivity contribution >= 4 is 17.2 Å². The van der Waals surface area contributed by atoms with Crippen LogP contribution in [-0.4, -0.2) is 29.0 Å². The standard InChI is InChI=1S/C17H16N4OS/c18-8-10-2-1-3-11(6-10)17-19-9-15(23-17)16(22)21-14-7-12-4-5-13(14)20-12/h1-3,6,9,12-14,20H,4-5,7H2,(H,21,22). The molecule has 1 amide bonds. The third-order valence-corrected chi connectivity index (χ3v) is 5.63. The SMILES string of the molecule is N#Cc1cccc(-c2ncc(C(=O)NC3CC4CCC3N4)s2)c1. The molecule has 5 nitrogen and oxygen atoms in total. The molecule has 0 radical (unpaired) electrons. The Morgan fingerprint density at radius 2 is 2.35 bits per heavy atom. The number of nitrogens with zero attached hydrogens (tertiary/aromatic N) is 2. The summed E-state index contributed by atoms with van der Waals surface area (Å²) in [6.45, 7) is 0. The van der Waals surface area contributed by atoms with E-state index in [9.17, 15) is 4.79 Å². The van der Waals surface area contributed by atoms with Crippen LogP contribution in [0.4, 0.5) is 0 Å². The Hall–Kier alpha value is -2.23. The Kier molecular flexibility index (Phi) is 3.60. The minimum Gasteiger partial charge on any atom is -0.347 e. The maximum absolute atomic E-state index is 12.4. The molecule has 2 aromatic rings. The number of nitrogens with one attached hydrogen (secondary N) is 2. The summed E-state index contributed by atoms with van der Waals surface area (Å²) in [5.41, 5.74) is 1.46. The molecule has 0 aliphatic carbocycles. The van der Waals surface area contributed by atoms with Gasteiger partial charge in [0.05, 0.1) is 17.8 Å². The highest BCUT2D eigenvalue weighted by molar-refractivity contribution is 7.16. The Balaban J connectivity index is 1.49. The zero-order chi connectivity index (χ0) is 15.8. The van der Waals surface area contributed by atoms with Crippen molar-refractivity contribution in [1.29, 1.82) is 5.26 Å². The number of benzene rings is 1. The van der Waals surface area contributed by atoms with E-state index in [1.807, 2.05) is 12.1 Å². The predicted octanol–water partition coefficient (Wildman–Crippen LogP) is 2.30. The first-order valence-corrected chi connectivity index (χ1v) is 8.58. The lowest BCUT2D eigenvalue weighted by Crippen LogP contribution is -2.42. The van der Waals surface area contributed by atoms with Crippen LogP contribution in [0.25, 0.3) is 10.6 Å². The van der Waals surface area contributed by atoms with Gasteiger partial charge < -0.3 is 10.6 Å². The number of hydrogen-bond donors (Lipinski definition) is 2. The zero-order valence-electron chi connectivity index (χ0n) is 12.5. The molecule has 116 valence electrons. The lowest BCUT2D eigenvalue weighted by atomic mass is 9.95. The molecule has 1 aromatic heterocycles. The second-order valence-corrected chi connectivity index (χ2v) is 7.12. The molecule has 4 rings (SSSR count). The van der Waals surface area contributed by atoms with Gasteiger partial charge in [-0.05, 0) is 31.4 Å². The van der Waals surface area contributed by atoms with E-state index in [4.69, 9.17) is 5.26 Å². The van der Waals surface area contributed by atoms with Gasteiger partial charge in [0, 0.05) is 23.7 Å². The normalized spacial score (nSPS) is 25.3. The van der Waals surface area contributed by atoms with Crippen LogP contribution in [0.5, 0.6) is 0 Å². The Morgan fingerprint density at radius 1 is 1.43 bits per heavy atom. The highest BCUT2D eigenvalue weighted by atomic mass is 32.1. The average Bonchev–Trinajstić information content (AvgIpc) is 3.31. The number of amides is 1. The van der Waals surface area contributed by atoms with Gasteiger partial charge >= 0.3 is 0 Å². The van der Waals surface area contributed by atoms with E-state index >= 15 is 0 Å². The predicted molar refractivity (Wildman–Crippen MR) is 88.1 cm³/mol. The zero-order valence-corrected chi connectivity index (χ0v) is 13.3. The molecule has 2 aliphatic rings. The number of carbonyl (C=O) groups excluding carboxylic acids is 1. The first-order valence-electron chi connectivity index (χ1n) is 7.76. The van der Waals surface area contributed by atoms with Crippen molar-refractivity contribution in [3.63, 3.8) is 0 Å². The quantitative estimate of drug-likeness (QED) is 0.908. The summed E-state index contributed by atoms with van der Waals surface area (Å²) in [6.07, 6.45) is 5.00. The van der Waals surface area contributed by atoms with Crippen LogP contribution in [0.2, 0.25) is 0 Å². The fourth-order valence-electron chi connectivity index (χ4n) is 3.46. The number of rotatable bonds is 3. The third kappa shape index (κ3) is 2.74. The molecule has 23 heavy (non-hydrogen) atoms. The first kappa shape index (κ1) is 14.4. The van der Waals surface area contributed by atoms with Gasteiger partial charge in [0.25, 0.3) is 5.91 Å². The van der Waals surface area contributed by atoms with Crippen LogP contribution in [0.1, 0.15) is 34.5 Å². The Morgan fingerprint density at radius 3 is 3.09 bits per heavy atom.